The van der Waals surface area contributed by atoms with Gasteiger partial charge in [-0.25, -0.2) is 0 Å². The molecule has 1 aliphatic heterocycles. The molecule has 0 spiro atoms. The van der Waals surface area contributed by atoms with Crippen LogP contribution in [0.5, 0.6) is 0 Å². The van der Waals surface area contributed by atoms with E-state index in [1.165, 1.54) is 11.2 Å². The Morgan fingerprint density at radius 2 is 2.26 bits per heavy atom. The topological polar surface area (TPSA) is 84.5 Å². The van der Waals surface area contributed by atoms with Crippen LogP contribution in [0.3, 0.4) is 0 Å². The molecule has 1 atom stereocenters. The Morgan fingerprint density at radius 1 is 1.58 bits per heavy atom. The van der Waals surface area contributed by atoms with Crippen molar-refractivity contribution in [1.82, 2.24) is 14.5 Å². The molecule has 0 aromatic carbocycles. The summed E-state index contributed by atoms with van der Waals surface area (Å²) in [5.74, 6) is 0.177. The Kier molecular flexibility index (Phi) is 3.41. The molecular weight excluding hydrogens is 250 g/mol. The van der Waals surface area contributed by atoms with Gasteiger partial charge >= 0.3 is 5.82 Å². The number of rotatable bonds is 3. The van der Waals surface area contributed by atoms with Crippen LogP contribution >= 0.6 is 0 Å². The van der Waals surface area contributed by atoms with E-state index in [4.69, 9.17) is 0 Å². The van der Waals surface area contributed by atoms with Crippen LogP contribution in [0.4, 0.5) is 11.6 Å². The van der Waals surface area contributed by atoms with Crippen LogP contribution in [0.15, 0.2) is 6.33 Å². The van der Waals surface area contributed by atoms with E-state index in [2.05, 4.69) is 4.98 Å². The molecule has 8 heteroatoms. The molecule has 1 unspecified atom stereocenters. The van der Waals surface area contributed by atoms with E-state index >= 15 is 0 Å². The van der Waals surface area contributed by atoms with Crippen molar-refractivity contribution in [2.24, 2.45) is 7.05 Å². The summed E-state index contributed by atoms with van der Waals surface area (Å²) in [6.07, 6.45) is 2.95. The SMILES string of the molecule is CN(C)C(=O)C1CCCN1c1c([N+](=O)[O-])ncn1C. The quantitative estimate of drug-likeness (QED) is 0.584. The highest BCUT2D eigenvalue weighted by Crippen LogP contribution is 2.32. The molecule has 19 heavy (non-hydrogen) atoms. The van der Waals surface area contributed by atoms with Gasteiger partial charge in [0.15, 0.2) is 0 Å². The second-order valence-electron chi connectivity index (χ2n) is 4.84. The number of imidazole rings is 1. The second kappa shape index (κ2) is 4.87. The number of hydrogen-bond donors (Lipinski definition) is 0. The number of nitro groups is 1. The highest BCUT2D eigenvalue weighted by molar-refractivity contribution is 5.86. The van der Waals surface area contributed by atoms with Crippen molar-refractivity contribution >= 4 is 17.5 Å². The summed E-state index contributed by atoms with van der Waals surface area (Å²) in [6, 6.07) is -0.343. The zero-order valence-corrected chi connectivity index (χ0v) is 11.2. The van der Waals surface area contributed by atoms with Gasteiger partial charge in [-0.2, -0.15) is 0 Å². The first kappa shape index (κ1) is 13.3. The molecule has 8 nitrogen and oxygen atoms in total. The summed E-state index contributed by atoms with van der Waals surface area (Å²) in [4.78, 5) is 29.7. The van der Waals surface area contributed by atoms with Crippen LogP contribution in [-0.4, -0.2) is 52.0 Å². The molecule has 1 aromatic heterocycles. The number of amides is 1. The first-order valence-corrected chi connectivity index (χ1v) is 6.07. The van der Waals surface area contributed by atoms with E-state index in [0.717, 1.165) is 6.42 Å². The minimum atomic E-state index is -0.509. The van der Waals surface area contributed by atoms with Gasteiger partial charge in [-0.1, -0.05) is 0 Å². The molecule has 0 N–H and O–H groups in total. The minimum absolute atomic E-state index is 0.0343. The van der Waals surface area contributed by atoms with Crippen LogP contribution < -0.4 is 4.90 Å². The lowest BCUT2D eigenvalue weighted by atomic mass is 10.2. The number of aromatic nitrogens is 2. The zero-order valence-electron chi connectivity index (χ0n) is 11.2. The van der Waals surface area contributed by atoms with Crippen LogP contribution in [-0.2, 0) is 11.8 Å². The minimum Gasteiger partial charge on any atom is -0.358 e. The van der Waals surface area contributed by atoms with Crippen molar-refractivity contribution in [3.05, 3.63) is 16.4 Å². The fourth-order valence-electron chi connectivity index (χ4n) is 2.45. The van der Waals surface area contributed by atoms with Crippen molar-refractivity contribution in [2.75, 3.05) is 25.5 Å². The van der Waals surface area contributed by atoms with Gasteiger partial charge in [0.25, 0.3) is 0 Å². The van der Waals surface area contributed by atoms with Crippen molar-refractivity contribution < 1.29 is 9.72 Å². The number of carbonyl (C=O) groups is 1. The maximum absolute atomic E-state index is 12.1. The molecule has 1 amide bonds. The Bertz CT molecular complexity index is 510. The molecule has 0 saturated carbocycles. The summed E-state index contributed by atoms with van der Waals surface area (Å²) >= 11 is 0. The number of likely N-dealkylation sites (N-methyl/N-ethyl adjacent to an activating group) is 1. The van der Waals surface area contributed by atoms with Crippen LogP contribution in [0, 0.1) is 10.1 Å². The number of anilines is 1. The third kappa shape index (κ3) is 2.25. The summed E-state index contributed by atoms with van der Waals surface area (Å²) in [5.41, 5.74) is 0. The Balaban J connectivity index is 2.38. The zero-order chi connectivity index (χ0) is 14.2. The normalized spacial score (nSPS) is 18.7. The van der Waals surface area contributed by atoms with Gasteiger partial charge in [0.2, 0.25) is 18.1 Å². The van der Waals surface area contributed by atoms with Crippen molar-refractivity contribution in [1.29, 1.82) is 0 Å². The van der Waals surface area contributed by atoms with E-state index in [-0.39, 0.29) is 17.8 Å². The lowest BCUT2D eigenvalue weighted by Crippen LogP contribution is -2.43. The lowest BCUT2D eigenvalue weighted by Gasteiger charge is -2.26. The monoisotopic (exact) mass is 267 g/mol. The summed E-state index contributed by atoms with van der Waals surface area (Å²) in [7, 11) is 5.08. The molecule has 1 aliphatic rings. The van der Waals surface area contributed by atoms with Gasteiger partial charge < -0.3 is 19.9 Å². The van der Waals surface area contributed by atoms with Crippen molar-refractivity contribution in [3.63, 3.8) is 0 Å². The first-order valence-electron chi connectivity index (χ1n) is 6.07. The Hall–Kier alpha value is -2.12. The van der Waals surface area contributed by atoms with Gasteiger partial charge in [0.1, 0.15) is 6.04 Å². The molecule has 0 bridgehead atoms. The third-order valence-corrected chi connectivity index (χ3v) is 3.31. The van der Waals surface area contributed by atoms with Gasteiger partial charge in [-0.15, -0.1) is 0 Å². The van der Waals surface area contributed by atoms with E-state index in [1.54, 1.807) is 30.6 Å². The number of aryl methyl sites for hydroxylation is 1. The molecule has 1 saturated heterocycles. The number of hydrogen-bond acceptors (Lipinski definition) is 5. The third-order valence-electron chi connectivity index (χ3n) is 3.31. The maximum Gasteiger partial charge on any atom is 0.406 e. The lowest BCUT2D eigenvalue weighted by molar-refractivity contribution is -0.388. The Morgan fingerprint density at radius 3 is 2.84 bits per heavy atom. The molecule has 104 valence electrons. The number of nitrogens with zero attached hydrogens (tertiary/aromatic N) is 5. The molecule has 0 radical (unpaired) electrons. The summed E-state index contributed by atoms with van der Waals surface area (Å²) in [5, 5.41) is 11.0. The smallest absolute Gasteiger partial charge is 0.358 e. The van der Waals surface area contributed by atoms with E-state index < -0.39 is 4.92 Å². The second-order valence-corrected chi connectivity index (χ2v) is 4.84. The molecule has 2 heterocycles. The largest absolute Gasteiger partial charge is 0.406 e. The summed E-state index contributed by atoms with van der Waals surface area (Å²) < 4.78 is 1.60. The fourth-order valence-corrected chi connectivity index (χ4v) is 2.45. The highest BCUT2D eigenvalue weighted by Gasteiger charge is 2.37. The standard InChI is InChI=1S/C11H17N5O3/c1-13(2)11(17)8-5-4-6-15(8)10-9(16(18)19)12-7-14(10)3/h7-8H,4-6H2,1-3H3. The predicted octanol–water partition coefficient (Wildman–Crippen LogP) is 0.385. The maximum atomic E-state index is 12.1. The summed E-state index contributed by atoms with van der Waals surface area (Å²) in [6.45, 7) is 0.630. The molecule has 2 rings (SSSR count). The molecule has 1 fully saturated rings. The van der Waals surface area contributed by atoms with Crippen molar-refractivity contribution in [3.8, 4) is 0 Å². The average molecular weight is 267 g/mol. The molecule has 0 aliphatic carbocycles. The van der Waals surface area contributed by atoms with Gasteiger partial charge in [0, 0.05) is 27.7 Å². The van der Waals surface area contributed by atoms with Gasteiger partial charge in [-0.05, 0) is 22.7 Å². The van der Waals surface area contributed by atoms with E-state index in [0.29, 0.717) is 18.8 Å². The van der Waals surface area contributed by atoms with Crippen molar-refractivity contribution in [2.45, 2.75) is 18.9 Å². The van der Waals surface area contributed by atoms with E-state index in [9.17, 15) is 14.9 Å². The van der Waals surface area contributed by atoms with Gasteiger partial charge in [0.05, 0.1) is 0 Å². The Labute approximate surface area is 110 Å². The highest BCUT2D eigenvalue weighted by atomic mass is 16.6. The van der Waals surface area contributed by atoms with E-state index in [1.807, 2.05) is 0 Å². The van der Waals surface area contributed by atoms with Gasteiger partial charge in [-0.3, -0.25) is 9.36 Å². The first-order chi connectivity index (χ1) is 8.93. The van der Waals surface area contributed by atoms with Crippen LogP contribution in [0.25, 0.3) is 0 Å². The number of carbonyl (C=O) groups excluding carboxylic acids is 1. The molecular formula is C11H17N5O3. The molecule has 1 aromatic rings. The van der Waals surface area contributed by atoms with Crippen LogP contribution in [0.1, 0.15) is 12.8 Å². The predicted molar refractivity (Wildman–Crippen MR) is 68.9 cm³/mol. The average Bonchev–Trinajstić information content (AvgIpc) is 2.93. The fraction of sp³-hybridized carbons (Fsp3) is 0.636. The van der Waals surface area contributed by atoms with Crippen LogP contribution in [0.2, 0.25) is 0 Å².